The van der Waals surface area contributed by atoms with Gasteiger partial charge in [-0.3, -0.25) is 0 Å². The van der Waals surface area contributed by atoms with Crippen LogP contribution in [0.25, 0.3) is 0 Å². The predicted molar refractivity (Wildman–Crippen MR) is 102 cm³/mol. The summed E-state index contributed by atoms with van der Waals surface area (Å²) in [7, 11) is -3.53. The Morgan fingerprint density at radius 1 is 1.00 bits per heavy atom. The summed E-state index contributed by atoms with van der Waals surface area (Å²) in [5, 5.41) is 11.0. The second-order valence-corrected chi connectivity index (χ2v) is 7.72. The first-order valence-corrected chi connectivity index (χ1v) is 10.6. The molecule has 0 bridgehead atoms. The first kappa shape index (κ1) is 21.7. The summed E-state index contributed by atoms with van der Waals surface area (Å²) in [5.74, 6) is -0.290. The Balaban J connectivity index is 1.82. The van der Waals surface area contributed by atoms with Gasteiger partial charge in [0.1, 0.15) is 17.6 Å². The lowest BCUT2D eigenvalue weighted by Gasteiger charge is -2.18. The summed E-state index contributed by atoms with van der Waals surface area (Å²) in [6, 6.07) is 13.9. The molecule has 0 unspecified atom stereocenters. The van der Waals surface area contributed by atoms with Gasteiger partial charge in [-0.25, -0.2) is 0 Å². The van der Waals surface area contributed by atoms with Crippen LogP contribution >= 0.6 is 0 Å². The maximum absolute atomic E-state index is 11.1. The van der Waals surface area contributed by atoms with Gasteiger partial charge in [0.25, 0.3) is 0 Å². The van der Waals surface area contributed by atoms with Crippen LogP contribution in [0.5, 0.6) is 11.5 Å². The molecule has 0 aliphatic heterocycles. The first-order chi connectivity index (χ1) is 13.3. The molecule has 152 valence electrons. The highest BCUT2D eigenvalue weighted by Gasteiger charge is 2.11. The molecule has 8 heteroatoms. The van der Waals surface area contributed by atoms with Crippen molar-refractivity contribution in [2.75, 3.05) is 19.5 Å². The zero-order valence-electron chi connectivity index (χ0n) is 15.8. The third-order valence-corrected chi connectivity index (χ3v) is 4.30. The fourth-order valence-corrected chi connectivity index (χ4v) is 2.98. The maximum Gasteiger partial charge on any atom is 0.306 e. The Bertz CT molecular complexity index is 858. The molecular formula is C20H23O7S-. The highest BCUT2D eigenvalue weighted by molar-refractivity contribution is 7.86. The van der Waals surface area contributed by atoms with Crippen LogP contribution in [0.1, 0.15) is 18.1 Å². The van der Waals surface area contributed by atoms with E-state index < -0.39 is 22.2 Å². The summed E-state index contributed by atoms with van der Waals surface area (Å²) in [6.07, 6.45) is 0.901. The first-order valence-electron chi connectivity index (χ1n) is 8.79. The molecule has 0 saturated heterocycles. The van der Waals surface area contributed by atoms with E-state index >= 15 is 0 Å². The molecule has 0 radical (unpaired) electrons. The predicted octanol–water partition coefficient (Wildman–Crippen LogP) is 1.34. The number of carbonyl (C=O) groups excluding carboxylic acids is 1. The van der Waals surface area contributed by atoms with Crippen molar-refractivity contribution in [2.45, 2.75) is 25.9 Å². The van der Waals surface area contributed by atoms with E-state index in [1.54, 1.807) is 55.5 Å². The van der Waals surface area contributed by atoms with E-state index in [0.717, 1.165) is 17.4 Å². The Morgan fingerprint density at radius 2 is 1.57 bits per heavy atom. The Morgan fingerprint density at radius 3 is 2.11 bits per heavy atom. The van der Waals surface area contributed by atoms with Crippen LogP contribution in [0.4, 0.5) is 0 Å². The lowest BCUT2D eigenvalue weighted by Crippen LogP contribution is -2.39. The summed E-state index contributed by atoms with van der Waals surface area (Å²) in [4.78, 5) is 11.0. The van der Waals surface area contributed by atoms with E-state index in [2.05, 4.69) is 0 Å². The normalized spacial score (nSPS) is 12.4. The van der Waals surface area contributed by atoms with Crippen LogP contribution < -0.4 is 14.0 Å². The maximum atomic E-state index is 11.1. The number of hydrogen-bond acceptors (Lipinski definition) is 7. The van der Waals surface area contributed by atoms with E-state index in [-0.39, 0.29) is 12.2 Å². The minimum atomic E-state index is -3.53. The number of carboxylic acids is 1. The van der Waals surface area contributed by atoms with Gasteiger partial charge >= 0.3 is 10.1 Å². The zero-order valence-corrected chi connectivity index (χ0v) is 16.6. The van der Waals surface area contributed by atoms with Crippen molar-refractivity contribution in [1.29, 1.82) is 0 Å². The molecule has 7 nitrogen and oxygen atoms in total. The van der Waals surface area contributed by atoms with E-state index in [0.29, 0.717) is 25.4 Å². The number of ether oxygens (including phenoxy) is 2. The van der Waals surface area contributed by atoms with Gasteiger partial charge in [-0.15, -0.1) is 0 Å². The second-order valence-electron chi connectivity index (χ2n) is 6.14. The summed E-state index contributed by atoms with van der Waals surface area (Å²) < 4.78 is 37.8. The molecule has 0 aromatic heterocycles. The van der Waals surface area contributed by atoms with Crippen LogP contribution in [0.2, 0.25) is 0 Å². The zero-order chi connectivity index (χ0) is 20.6. The van der Waals surface area contributed by atoms with Gasteiger partial charge in [0.05, 0.1) is 18.8 Å². The minimum Gasteiger partial charge on any atom is -0.547 e. The van der Waals surface area contributed by atoms with Crippen LogP contribution in [-0.4, -0.2) is 40.0 Å². The molecule has 0 N–H and O–H groups in total. The standard InChI is InChI=1S/C20H24O7S/c1-3-25-19(20(21)22)14-16-6-8-17(9-7-16)26-13-12-15-4-10-18(11-5-15)27-28(2,23)24/h4-11,19H,3,12-14H2,1-2H3,(H,21,22)/p-1/t19-/m0/s1. The van der Waals surface area contributed by atoms with Gasteiger partial charge in [0, 0.05) is 19.4 Å². The van der Waals surface area contributed by atoms with E-state index in [1.165, 1.54) is 0 Å². The number of benzene rings is 2. The van der Waals surface area contributed by atoms with Crippen LogP contribution in [0, 0.1) is 0 Å². The molecule has 0 fully saturated rings. The molecule has 28 heavy (non-hydrogen) atoms. The molecule has 2 rings (SSSR count). The molecule has 1 atom stereocenters. The molecule has 0 spiro atoms. The van der Waals surface area contributed by atoms with Crippen molar-refractivity contribution >= 4 is 16.1 Å². The number of aliphatic carboxylic acids is 1. The Hall–Kier alpha value is -2.58. The highest BCUT2D eigenvalue weighted by Crippen LogP contribution is 2.17. The smallest absolute Gasteiger partial charge is 0.306 e. The van der Waals surface area contributed by atoms with Gasteiger partial charge in [0.15, 0.2) is 0 Å². The van der Waals surface area contributed by atoms with Gasteiger partial charge in [0.2, 0.25) is 0 Å². The van der Waals surface area contributed by atoms with Crippen LogP contribution in [0.3, 0.4) is 0 Å². The summed E-state index contributed by atoms with van der Waals surface area (Å²) in [5.41, 5.74) is 1.79. The lowest BCUT2D eigenvalue weighted by molar-refractivity contribution is -0.316. The number of carboxylic acid groups (broad SMARTS) is 1. The molecule has 0 saturated carbocycles. The molecule has 0 amide bonds. The highest BCUT2D eigenvalue weighted by atomic mass is 32.2. The van der Waals surface area contributed by atoms with E-state index in [9.17, 15) is 18.3 Å². The van der Waals surface area contributed by atoms with Crippen molar-refractivity contribution in [3.05, 3.63) is 59.7 Å². The van der Waals surface area contributed by atoms with Crippen molar-refractivity contribution < 1.29 is 32.0 Å². The second kappa shape index (κ2) is 10.1. The van der Waals surface area contributed by atoms with Crippen molar-refractivity contribution in [3.8, 4) is 11.5 Å². The van der Waals surface area contributed by atoms with Crippen molar-refractivity contribution in [3.63, 3.8) is 0 Å². The van der Waals surface area contributed by atoms with Crippen LogP contribution in [-0.2, 0) is 32.5 Å². The fraction of sp³-hybridized carbons (Fsp3) is 0.350. The molecule has 2 aromatic rings. The third-order valence-electron chi connectivity index (χ3n) is 3.81. The third kappa shape index (κ3) is 7.58. The molecule has 0 aliphatic carbocycles. The van der Waals surface area contributed by atoms with Crippen molar-refractivity contribution in [2.24, 2.45) is 0 Å². The Kier molecular flexibility index (Phi) is 7.83. The minimum absolute atomic E-state index is 0.234. The fourth-order valence-electron chi connectivity index (χ4n) is 2.52. The quantitative estimate of drug-likeness (QED) is 0.518. The van der Waals surface area contributed by atoms with E-state index in [4.69, 9.17) is 13.7 Å². The summed E-state index contributed by atoms with van der Waals surface area (Å²) >= 11 is 0. The van der Waals surface area contributed by atoms with Crippen LogP contribution in [0.15, 0.2) is 48.5 Å². The topological polar surface area (TPSA) is 102 Å². The number of hydrogen-bond donors (Lipinski definition) is 0. The number of carbonyl (C=O) groups is 1. The largest absolute Gasteiger partial charge is 0.547 e. The lowest BCUT2D eigenvalue weighted by atomic mass is 10.1. The monoisotopic (exact) mass is 407 g/mol. The van der Waals surface area contributed by atoms with Gasteiger partial charge in [-0.1, -0.05) is 24.3 Å². The average molecular weight is 407 g/mol. The molecular weight excluding hydrogens is 384 g/mol. The molecule has 2 aromatic carbocycles. The van der Waals surface area contributed by atoms with E-state index in [1.807, 2.05) is 0 Å². The molecule has 0 heterocycles. The SMILES string of the molecule is CCO[C@@H](Cc1ccc(OCCc2ccc(OS(C)(=O)=O)cc2)cc1)C(=O)[O-]. The summed E-state index contributed by atoms with van der Waals surface area (Å²) in [6.45, 7) is 2.48. The number of rotatable bonds is 11. The van der Waals surface area contributed by atoms with Gasteiger partial charge < -0.3 is 23.6 Å². The van der Waals surface area contributed by atoms with Gasteiger partial charge in [-0.05, 0) is 42.3 Å². The Labute approximate surface area is 165 Å². The molecule has 0 aliphatic rings. The van der Waals surface area contributed by atoms with Crippen molar-refractivity contribution in [1.82, 2.24) is 0 Å². The van der Waals surface area contributed by atoms with Gasteiger partial charge in [-0.2, -0.15) is 8.42 Å². The average Bonchev–Trinajstić information content (AvgIpc) is 2.63.